The molecule has 29 heavy (non-hydrogen) atoms. The highest BCUT2D eigenvalue weighted by Crippen LogP contribution is 2.43. The molecular weight excluding hydrogens is 378 g/mol. The topological polar surface area (TPSA) is 74.6 Å². The third-order valence-corrected chi connectivity index (χ3v) is 5.50. The van der Waals surface area contributed by atoms with Crippen LogP contribution in [0.15, 0.2) is 29.2 Å². The van der Waals surface area contributed by atoms with Gasteiger partial charge in [-0.25, -0.2) is 8.78 Å². The van der Waals surface area contributed by atoms with Crippen LogP contribution in [-0.4, -0.2) is 35.6 Å². The summed E-state index contributed by atoms with van der Waals surface area (Å²) >= 11 is 0. The Morgan fingerprint density at radius 3 is 2.62 bits per heavy atom. The third kappa shape index (κ3) is 3.01. The molecule has 0 bridgehead atoms. The van der Waals surface area contributed by atoms with Gasteiger partial charge in [-0.2, -0.15) is 10.2 Å². The maximum absolute atomic E-state index is 13.3. The van der Waals surface area contributed by atoms with Crippen molar-refractivity contribution in [2.75, 3.05) is 0 Å². The molecule has 4 aromatic rings. The first-order chi connectivity index (χ1) is 13.8. The molecule has 4 heterocycles. The predicted molar refractivity (Wildman–Crippen MR) is 102 cm³/mol. The van der Waals surface area contributed by atoms with E-state index in [1.165, 1.54) is 0 Å². The van der Waals surface area contributed by atoms with Crippen LogP contribution in [0.1, 0.15) is 24.3 Å². The largest absolute Gasteiger partial charge is 0.361 e. The number of fused-ring (bicyclic) bond motifs is 1. The van der Waals surface area contributed by atoms with E-state index in [2.05, 4.69) is 15.2 Å². The molecule has 0 atom stereocenters. The molecule has 0 aliphatic heterocycles. The lowest BCUT2D eigenvalue weighted by Crippen LogP contribution is -2.37. The third-order valence-electron chi connectivity index (χ3n) is 5.50. The molecule has 7 nitrogen and oxygen atoms in total. The Labute approximate surface area is 165 Å². The van der Waals surface area contributed by atoms with Crippen LogP contribution in [0.3, 0.4) is 0 Å². The van der Waals surface area contributed by atoms with E-state index in [1.54, 1.807) is 21.8 Å². The lowest BCUT2D eigenvalue weighted by molar-refractivity contribution is -0.114. The van der Waals surface area contributed by atoms with Gasteiger partial charge in [0.05, 0.1) is 17.4 Å². The van der Waals surface area contributed by atoms with Crippen molar-refractivity contribution in [3.8, 4) is 22.4 Å². The molecule has 1 fully saturated rings. The highest BCUT2D eigenvalue weighted by Gasteiger charge is 2.45. The van der Waals surface area contributed by atoms with Crippen LogP contribution >= 0.6 is 0 Å². The number of aryl methyl sites for hydroxylation is 3. The molecule has 1 saturated carbocycles. The van der Waals surface area contributed by atoms with Crippen LogP contribution in [0.4, 0.5) is 8.78 Å². The quantitative estimate of drug-likeness (QED) is 0.516. The minimum atomic E-state index is -2.56. The van der Waals surface area contributed by atoms with E-state index in [0.717, 1.165) is 33.4 Å². The van der Waals surface area contributed by atoms with Crippen molar-refractivity contribution in [1.29, 1.82) is 0 Å². The molecule has 0 spiro atoms. The summed E-state index contributed by atoms with van der Waals surface area (Å²) < 4.78 is 35.5. The first-order valence-electron chi connectivity index (χ1n) is 9.47. The highest BCUT2D eigenvalue weighted by molar-refractivity contribution is 5.92. The number of pyridine rings is 1. The molecule has 4 aromatic heterocycles. The van der Waals surface area contributed by atoms with Gasteiger partial charge in [-0.15, -0.1) is 0 Å². The molecule has 0 saturated heterocycles. The van der Waals surface area contributed by atoms with Gasteiger partial charge in [0.1, 0.15) is 17.0 Å². The Morgan fingerprint density at radius 1 is 1.21 bits per heavy atom. The maximum Gasteiger partial charge on any atom is 0.248 e. The molecule has 0 radical (unpaired) electrons. The second kappa shape index (κ2) is 6.20. The van der Waals surface area contributed by atoms with Gasteiger partial charge in [0.25, 0.3) is 0 Å². The number of nitrogens with zero attached hydrogens (tertiary/aromatic N) is 6. The zero-order valence-electron chi connectivity index (χ0n) is 16.4. The Bertz CT molecular complexity index is 1190. The number of aromatic nitrogens is 6. The van der Waals surface area contributed by atoms with E-state index < -0.39 is 5.92 Å². The first kappa shape index (κ1) is 18.0. The van der Waals surface area contributed by atoms with Gasteiger partial charge in [0, 0.05) is 55.5 Å². The summed E-state index contributed by atoms with van der Waals surface area (Å²) in [5.41, 5.74) is 5.60. The fourth-order valence-electron chi connectivity index (χ4n) is 4.12. The number of rotatable bonds is 4. The zero-order valence-corrected chi connectivity index (χ0v) is 16.4. The van der Waals surface area contributed by atoms with Crippen LogP contribution < -0.4 is 0 Å². The van der Waals surface area contributed by atoms with Crippen molar-refractivity contribution < 1.29 is 13.3 Å². The lowest BCUT2D eigenvalue weighted by Gasteiger charge is -2.34. The van der Waals surface area contributed by atoms with E-state index in [4.69, 9.17) is 9.62 Å². The van der Waals surface area contributed by atoms with Gasteiger partial charge < -0.3 is 4.52 Å². The molecule has 0 amide bonds. The summed E-state index contributed by atoms with van der Waals surface area (Å²) in [6.07, 6.45) is 5.17. The Morgan fingerprint density at radius 2 is 2.00 bits per heavy atom. The van der Waals surface area contributed by atoms with Crippen LogP contribution in [0.5, 0.6) is 0 Å². The Kier molecular flexibility index (Phi) is 3.84. The van der Waals surface area contributed by atoms with Gasteiger partial charge >= 0.3 is 0 Å². The first-order valence-corrected chi connectivity index (χ1v) is 9.47. The molecule has 0 unspecified atom stereocenters. The van der Waals surface area contributed by atoms with Gasteiger partial charge in [-0.05, 0) is 25.8 Å². The monoisotopic (exact) mass is 398 g/mol. The fraction of sp³-hybridized carbons (Fsp3) is 0.400. The molecule has 1 aliphatic rings. The van der Waals surface area contributed by atoms with E-state index >= 15 is 0 Å². The second-order valence-corrected chi connectivity index (χ2v) is 7.85. The predicted octanol–water partition coefficient (Wildman–Crippen LogP) is 4.15. The van der Waals surface area contributed by atoms with E-state index in [9.17, 15) is 8.78 Å². The molecule has 9 heteroatoms. The molecular formula is C20H20F2N6O. The minimum absolute atomic E-state index is 0.0995. The van der Waals surface area contributed by atoms with Crippen molar-refractivity contribution in [1.82, 2.24) is 29.7 Å². The number of hydrogen-bond acceptors (Lipinski definition) is 5. The molecule has 5 rings (SSSR count). The van der Waals surface area contributed by atoms with Crippen molar-refractivity contribution in [2.24, 2.45) is 13.0 Å². The minimum Gasteiger partial charge on any atom is -0.361 e. The highest BCUT2D eigenvalue weighted by atomic mass is 19.3. The lowest BCUT2D eigenvalue weighted by atomic mass is 9.81. The number of alkyl halides is 2. The summed E-state index contributed by atoms with van der Waals surface area (Å²) in [5, 5.41) is 13.0. The van der Waals surface area contributed by atoms with Crippen LogP contribution in [0.25, 0.3) is 33.4 Å². The summed E-state index contributed by atoms with van der Waals surface area (Å²) in [5.74, 6) is -1.95. The maximum atomic E-state index is 13.3. The van der Waals surface area contributed by atoms with Crippen LogP contribution in [0.2, 0.25) is 0 Å². The molecule has 1 aliphatic carbocycles. The van der Waals surface area contributed by atoms with Gasteiger partial charge in [0.15, 0.2) is 0 Å². The molecule has 0 aromatic carbocycles. The SMILES string of the molecule is Cc1noc(C)c1-c1cnc2c(-c3cnn(C)c3)nn(CC3CC(F)(F)C3)c2c1. The van der Waals surface area contributed by atoms with E-state index in [0.29, 0.717) is 18.0 Å². The van der Waals surface area contributed by atoms with Crippen molar-refractivity contribution in [3.05, 3.63) is 36.1 Å². The Balaban J connectivity index is 1.63. The second-order valence-electron chi connectivity index (χ2n) is 7.85. The van der Waals surface area contributed by atoms with Crippen molar-refractivity contribution in [3.63, 3.8) is 0 Å². The number of halogens is 2. The Hall–Kier alpha value is -3.10. The standard InChI is InChI=1S/C20H20F2N6O/c1-11-17(12(2)29-26-11)14-4-16-19(23-7-14)18(15-8-24-27(3)10-15)25-28(16)9-13-5-20(21,22)6-13/h4,7-8,10,13H,5-6,9H2,1-3H3. The summed E-state index contributed by atoms with van der Waals surface area (Å²) in [7, 11) is 1.84. The average molecular weight is 398 g/mol. The summed E-state index contributed by atoms with van der Waals surface area (Å²) in [6.45, 7) is 4.16. The molecule has 150 valence electrons. The van der Waals surface area contributed by atoms with Crippen molar-refractivity contribution in [2.45, 2.75) is 39.2 Å². The van der Waals surface area contributed by atoms with E-state index in [-0.39, 0.29) is 18.8 Å². The molecule has 0 N–H and O–H groups in total. The van der Waals surface area contributed by atoms with Crippen LogP contribution in [0, 0.1) is 19.8 Å². The fourth-order valence-corrected chi connectivity index (χ4v) is 4.12. The number of hydrogen-bond donors (Lipinski definition) is 0. The summed E-state index contributed by atoms with van der Waals surface area (Å²) in [6, 6.07) is 1.98. The summed E-state index contributed by atoms with van der Waals surface area (Å²) in [4.78, 5) is 4.67. The van der Waals surface area contributed by atoms with Crippen molar-refractivity contribution >= 4 is 11.0 Å². The smallest absolute Gasteiger partial charge is 0.248 e. The van der Waals surface area contributed by atoms with Gasteiger partial charge in [-0.3, -0.25) is 14.3 Å². The average Bonchev–Trinajstić information content (AvgIpc) is 3.31. The van der Waals surface area contributed by atoms with Crippen LogP contribution in [-0.2, 0) is 13.6 Å². The van der Waals surface area contributed by atoms with E-state index in [1.807, 2.05) is 33.2 Å². The van der Waals surface area contributed by atoms with Gasteiger partial charge in [-0.1, -0.05) is 5.16 Å². The zero-order chi connectivity index (χ0) is 20.3. The normalized spacial score (nSPS) is 16.4. The van der Waals surface area contributed by atoms with Gasteiger partial charge in [0.2, 0.25) is 5.92 Å².